The number of hydrogen-bond acceptors (Lipinski definition) is 1. The van der Waals surface area contributed by atoms with Gasteiger partial charge < -0.3 is 9.47 Å². The first-order valence-corrected chi connectivity index (χ1v) is 21.9. The van der Waals surface area contributed by atoms with Crippen molar-refractivity contribution in [3.8, 4) is 27.9 Å². The summed E-state index contributed by atoms with van der Waals surface area (Å²) in [7, 11) is 0. The van der Waals surface area contributed by atoms with Crippen molar-refractivity contribution >= 4 is 66.4 Å². The zero-order valence-electron chi connectivity index (χ0n) is 34.5. The number of aryl methyl sites for hydroxylation is 1. The highest BCUT2D eigenvalue weighted by molar-refractivity contribution is 6.23. The Morgan fingerprint density at radius 3 is 1.87 bits per heavy atom. The molecule has 2 heteroatoms. The van der Waals surface area contributed by atoms with Gasteiger partial charge in [-0.05, 0) is 123 Å². The summed E-state index contributed by atoms with van der Waals surface area (Å²) in [5.41, 5.74) is 16.1. The molecule has 0 saturated heterocycles. The van der Waals surface area contributed by atoms with Crippen LogP contribution in [0, 0.1) is 0 Å². The van der Waals surface area contributed by atoms with Crippen molar-refractivity contribution in [2.75, 3.05) is 4.90 Å². The largest absolute Gasteiger partial charge is 0.334 e. The maximum absolute atomic E-state index is 2.65. The third-order valence-corrected chi connectivity index (χ3v) is 13.1. The molecule has 62 heavy (non-hydrogen) atoms. The highest BCUT2D eigenvalue weighted by Gasteiger charge is 2.27. The fourth-order valence-electron chi connectivity index (χ4n) is 10.3. The number of para-hydroxylation sites is 2. The highest BCUT2D eigenvalue weighted by atomic mass is 15.2. The molecule has 1 heterocycles. The molecule has 1 atom stereocenters. The van der Waals surface area contributed by atoms with Crippen molar-refractivity contribution in [1.82, 2.24) is 4.57 Å². The van der Waals surface area contributed by atoms with E-state index in [9.17, 15) is 0 Å². The SMILES string of the molecule is C1=Cc2cc(N(c3cc(-c4ccccc4)cc(-c4ccccc4)c3)C3C=C(c4cc5ccccc5c5c4c4ccccc4n5-c4ccccc4)C=CC3)c3ccccc3c2CC1. The standard InChI is InChI=1S/C60H44N2/c1-4-19-41(20-5-1)46-35-47(42-21-6-2-7-22-42)38-50(37-46)61(58-40-45-24-10-12-29-51(45)53-31-14-15-32-54(53)58)49-28-18-25-43(36-49)56-39-44-23-11-13-30-52(44)60-59(56)55-33-16-17-34-57(55)62(60)48-26-8-3-9-27-48/h1-11,13-27,30-40,49H,12,28-29H2. The van der Waals surface area contributed by atoms with Crippen LogP contribution in [-0.4, -0.2) is 10.6 Å². The third-order valence-electron chi connectivity index (χ3n) is 13.1. The van der Waals surface area contributed by atoms with Crippen LogP contribution < -0.4 is 4.90 Å². The molecule has 0 N–H and O–H groups in total. The number of nitrogens with zero attached hydrogens (tertiary/aromatic N) is 2. The molecule has 10 aromatic rings. The molecule has 0 spiro atoms. The number of allylic oxidation sites excluding steroid dienone is 3. The van der Waals surface area contributed by atoms with E-state index in [4.69, 9.17) is 0 Å². The van der Waals surface area contributed by atoms with E-state index in [0.717, 1.165) is 19.3 Å². The first-order valence-electron chi connectivity index (χ1n) is 21.9. The quantitative estimate of drug-likeness (QED) is 0.156. The minimum atomic E-state index is 0.0164. The summed E-state index contributed by atoms with van der Waals surface area (Å²) in [5, 5.41) is 7.67. The van der Waals surface area contributed by atoms with Crippen LogP contribution >= 0.6 is 0 Å². The van der Waals surface area contributed by atoms with E-state index in [1.54, 1.807) is 0 Å². The van der Waals surface area contributed by atoms with Crippen LogP contribution in [0.15, 0.2) is 218 Å². The summed E-state index contributed by atoms with van der Waals surface area (Å²) in [5.74, 6) is 0. The Hall–Kier alpha value is -7.68. The lowest BCUT2D eigenvalue weighted by atomic mass is 9.88. The van der Waals surface area contributed by atoms with Crippen molar-refractivity contribution in [1.29, 1.82) is 0 Å². The van der Waals surface area contributed by atoms with Gasteiger partial charge >= 0.3 is 0 Å². The molecular weight excluding hydrogens is 749 g/mol. The average Bonchev–Trinajstić information content (AvgIpc) is 3.70. The number of benzene rings is 9. The third kappa shape index (κ3) is 6.10. The molecule has 0 fully saturated rings. The first kappa shape index (κ1) is 36.2. The average molecular weight is 793 g/mol. The molecule has 12 rings (SSSR count). The topological polar surface area (TPSA) is 8.17 Å². The van der Waals surface area contributed by atoms with Gasteiger partial charge in [-0.3, -0.25) is 0 Å². The van der Waals surface area contributed by atoms with Gasteiger partial charge in [0, 0.05) is 32.9 Å². The highest BCUT2D eigenvalue weighted by Crippen LogP contribution is 2.46. The van der Waals surface area contributed by atoms with Gasteiger partial charge in [-0.15, -0.1) is 0 Å². The summed E-state index contributed by atoms with van der Waals surface area (Å²) >= 11 is 0. The zero-order valence-corrected chi connectivity index (χ0v) is 34.5. The van der Waals surface area contributed by atoms with Crippen molar-refractivity contribution in [2.45, 2.75) is 25.3 Å². The van der Waals surface area contributed by atoms with Crippen molar-refractivity contribution in [2.24, 2.45) is 0 Å². The molecule has 0 amide bonds. The van der Waals surface area contributed by atoms with Crippen LogP contribution in [0.2, 0.25) is 0 Å². The Morgan fingerprint density at radius 1 is 0.500 bits per heavy atom. The van der Waals surface area contributed by atoms with E-state index in [0.29, 0.717) is 0 Å². The maximum Gasteiger partial charge on any atom is 0.0625 e. The van der Waals surface area contributed by atoms with E-state index < -0.39 is 0 Å². The lowest BCUT2D eigenvalue weighted by Crippen LogP contribution is -2.31. The van der Waals surface area contributed by atoms with Gasteiger partial charge in [0.15, 0.2) is 0 Å². The van der Waals surface area contributed by atoms with Crippen molar-refractivity contribution < 1.29 is 0 Å². The molecule has 2 aliphatic rings. The smallest absolute Gasteiger partial charge is 0.0625 e. The molecule has 9 aromatic carbocycles. The Balaban J connectivity index is 1.14. The monoisotopic (exact) mass is 792 g/mol. The predicted molar refractivity (Wildman–Crippen MR) is 265 cm³/mol. The van der Waals surface area contributed by atoms with Crippen LogP contribution in [0.1, 0.15) is 29.5 Å². The number of fused-ring (bicyclic) bond motifs is 8. The second-order valence-corrected chi connectivity index (χ2v) is 16.7. The molecule has 1 aromatic heterocycles. The molecule has 0 saturated carbocycles. The van der Waals surface area contributed by atoms with Gasteiger partial charge in [-0.2, -0.15) is 0 Å². The second-order valence-electron chi connectivity index (χ2n) is 16.7. The van der Waals surface area contributed by atoms with Crippen molar-refractivity contribution in [3.05, 3.63) is 235 Å². The molecular formula is C60H44N2. The van der Waals surface area contributed by atoms with E-state index in [-0.39, 0.29) is 6.04 Å². The van der Waals surface area contributed by atoms with Gasteiger partial charge in [0.1, 0.15) is 0 Å². The minimum Gasteiger partial charge on any atom is -0.334 e. The molecule has 2 nitrogen and oxygen atoms in total. The van der Waals surface area contributed by atoms with Crippen LogP contribution in [0.5, 0.6) is 0 Å². The lowest BCUT2D eigenvalue weighted by molar-refractivity contribution is 0.790. The summed E-state index contributed by atoms with van der Waals surface area (Å²) in [6.07, 6.45) is 15.0. The van der Waals surface area contributed by atoms with Crippen LogP contribution in [0.3, 0.4) is 0 Å². The number of anilines is 2. The molecule has 1 unspecified atom stereocenters. The number of rotatable bonds is 7. The van der Waals surface area contributed by atoms with Crippen LogP contribution in [-0.2, 0) is 6.42 Å². The molecule has 0 aliphatic heterocycles. The molecule has 0 radical (unpaired) electrons. The van der Waals surface area contributed by atoms with Gasteiger partial charge in [0.05, 0.1) is 22.8 Å². The fraction of sp³-hybridized carbons (Fsp3) is 0.0667. The normalized spacial score (nSPS) is 14.7. The van der Waals surface area contributed by atoms with E-state index in [1.807, 2.05) is 0 Å². The predicted octanol–water partition coefficient (Wildman–Crippen LogP) is 15.9. The van der Waals surface area contributed by atoms with E-state index in [1.165, 1.54) is 105 Å². The van der Waals surface area contributed by atoms with E-state index >= 15 is 0 Å². The summed E-state index contributed by atoms with van der Waals surface area (Å²) in [6, 6.07) is 71.6. The summed E-state index contributed by atoms with van der Waals surface area (Å²) in [4.78, 5) is 2.65. The fourth-order valence-corrected chi connectivity index (χ4v) is 10.3. The van der Waals surface area contributed by atoms with E-state index in [2.05, 4.69) is 234 Å². The van der Waals surface area contributed by atoms with Gasteiger partial charge in [-0.1, -0.05) is 176 Å². The summed E-state index contributed by atoms with van der Waals surface area (Å²) in [6.45, 7) is 0. The number of aromatic nitrogens is 1. The van der Waals surface area contributed by atoms with Crippen molar-refractivity contribution in [3.63, 3.8) is 0 Å². The Kier molecular flexibility index (Phi) is 8.81. The Bertz CT molecular complexity index is 3370. The molecule has 0 bridgehead atoms. The van der Waals surface area contributed by atoms with Gasteiger partial charge in [-0.25, -0.2) is 0 Å². The Morgan fingerprint density at radius 2 is 1.13 bits per heavy atom. The van der Waals surface area contributed by atoms with Crippen LogP contribution in [0.25, 0.3) is 82.9 Å². The Labute approximate surface area is 362 Å². The second kappa shape index (κ2) is 15.1. The van der Waals surface area contributed by atoms with Crippen LogP contribution in [0.4, 0.5) is 11.4 Å². The van der Waals surface area contributed by atoms with Gasteiger partial charge in [0.25, 0.3) is 0 Å². The zero-order chi connectivity index (χ0) is 41.0. The van der Waals surface area contributed by atoms with Gasteiger partial charge in [0.2, 0.25) is 0 Å². The molecule has 2 aliphatic carbocycles. The maximum atomic E-state index is 2.65. The summed E-state index contributed by atoms with van der Waals surface area (Å²) < 4.78 is 2.47. The first-order chi connectivity index (χ1) is 30.8. The minimum absolute atomic E-state index is 0.0164. The molecule has 294 valence electrons. The number of hydrogen-bond donors (Lipinski definition) is 0. The lowest BCUT2D eigenvalue weighted by Gasteiger charge is -2.36.